The van der Waals surface area contributed by atoms with Gasteiger partial charge in [0.2, 0.25) is 0 Å². The van der Waals surface area contributed by atoms with E-state index < -0.39 is 5.60 Å². The van der Waals surface area contributed by atoms with Crippen LogP contribution in [-0.4, -0.2) is 53.5 Å². The maximum atomic E-state index is 12.5. The number of carbonyl (C=O) groups is 1. The van der Waals surface area contributed by atoms with Crippen molar-refractivity contribution in [2.24, 2.45) is 0 Å². The summed E-state index contributed by atoms with van der Waals surface area (Å²) in [6.07, 6.45) is 5.62. The number of rotatable bonds is 6. The predicted octanol–water partition coefficient (Wildman–Crippen LogP) is 3.06. The summed E-state index contributed by atoms with van der Waals surface area (Å²) in [5.74, 6) is 0. The van der Waals surface area contributed by atoms with Crippen molar-refractivity contribution in [2.45, 2.75) is 37.8 Å². The van der Waals surface area contributed by atoms with Crippen LogP contribution in [0.3, 0.4) is 0 Å². The smallest absolute Gasteiger partial charge is 0.321 e. The van der Waals surface area contributed by atoms with E-state index >= 15 is 0 Å². The number of benzene rings is 1. The molecule has 0 unspecified atom stereocenters. The van der Waals surface area contributed by atoms with Gasteiger partial charge in [-0.2, -0.15) is 0 Å². The number of fused-ring (bicyclic) bond motifs is 1. The summed E-state index contributed by atoms with van der Waals surface area (Å²) < 4.78 is 7.25. The molecule has 1 aliphatic rings. The number of hydrogen-bond acceptors (Lipinski definition) is 3. The summed E-state index contributed by atoms with van der Waals surface area (Å²) in [6.45, 7) is 1.78. The lowest BCUT2D eigenvalue weighted by molar-refractivity contribution is 0.0262. The molecule has 1 aromatic carbocycles. The van der Waals surface area contributed by atoms with Gasteiger partial charge in [0.05, 0.1) is 24.3 Å². The van der Waals surface area contributed by atoms with Crippen molar-refractivity contribution in [3.05, 3.63) is 30.5 Å². The molecule has 25 heavy (non-hydrogen) atoms. The number of likely N-dealkylation sites (N-methyl/N-ethyl adjacent to an activating group) is 1. The molecule has 0 atom stereocenters. The quantitative estimate of drug-likeness (QED) is 0.845. The SMILES string of the molecule is COCCn1ccc2ccc(NC(=O)N(C)CC3(O)CCCC3)cc21. The number of aliphatic hydroxyl groups is 1. The molecule has 1 aliphatic carbocycles. The first-order valence-corrected chi connectivity index (χ1v) is 8.83. The number of nitrogens with zero attached hydrogens (tertiary/aromatic N) is 2. The van der Waals surface area contributed by atoms with Gasteiger partial charge in [-0.15, -0.1) is 0 Å². The first kappa shape index (κ1) is 17.8. The van der Waals surface area contributed by atoms with E-state index in [2.05, 4.69) is 16.0 Å². The molecule has 6 nitrogen and oxygen atoms in total. The van der Waals surface area contributed by atoms with Crippen molar-refractivity contribution < 1.29 is 14.6 Å². The van der Waals surface area contributed by atoms with Crippen molar-refractivity contribution in [3.8, 4) is 0 Å². The number of ether oxygens (including phenoxy) is 1. The van der Waals surface area contributed by atoms with Gasteiger partial charge in [0.25, 0.3) is 0 Å². The summed E-state index contributed by atoms with van der Waals surface area (Å²) in [6, 6.07) is 7.73. The first-order valence-electron chi connectivity index (χ1n) is 8.83. The van der Waals surface area contributed by atoms with Crippen LogP contribution in [0.15, 0.2) is 30.5 Å². The fourth-order valence-corrected chi connectivity index (χ4v) is 3.57. The third kappa shape index (κ3) is 4.14. The summed E-state index contributed by atoms with van der Waals surface area (Å²) in [5, 5.41) is 14.5. The Balaban J connectivity index is 1.67. The monoisotopic (exact) mass is 345 g/mol. The summed E-state index contributed by atoms with van der Waals surface area (Å²) >= 11 is 0. The van der Waals surface area contributed by atoms with Gasteiger partial charge < -0.3 is 24.6 Å². The molecule has 0 bridgehead atoms. The number of amides is 2. The molecule has 2 aromatic rings. The number of nitrogens with one attached hydrogen (secondary N) is 1. The Labute approximate surface area is 148 Å². The molecule has 1 fully saturated rings. The van der Waals surface area contributed by atoms with Gasteiger partial charge in [0, 0.05) is 32.6 Å². The van der Waals surface area contributed by atoms with Gasteiger partial charge in [-0.1, -0.05) is 18.9 Å². The summed E-state index contributed by atoms with van der Waals surface area (Å²) in [5.41, 5.74) is 1.08. The van der Waals surface area contributed by atoms with E-state index in [0.29, 0.717) is 13.2 Å². The lowest BCUT2D eigenvalue weighted by atomic mass is 10.0. The third-order valence-electron chi connectivity index (χ3n) is 4.97. The highest BCUT2D eigenvalue weighted by molar-refractivity contribution is 5.92. The topological polar surface area (TPSA) is 66.7 Å². The van der Waals surface area contributed by atoms with Crippen LogP contribution >= 0.6 is 0 Å². The number of urea groups is 1. The minimum Gasteiger partial charge on any atom is -0.388 e. The van der Waals surface area contributed by atoms with E-state index in [1.807, 2.05) is 24.4 Å². The fraction of sp³-hybridized carbons (Fsp3) is 0.526. The van der Waals surface area contributed by atoms with Crippen molar-refractivity contribution >= 4 is 22.6 Å². The van der Waals surface area contributed by atoms with E-state index in [-0.39, 0.29) is 6.03 Å². The highest BCUT2D eigenvalue weighted by Gasteiger charge is 2.33. The fourth-order valence-electron chi connectivity index (χ4n) is 3.57. The molecular weight excluding hydrogens is 318 g/mol. The Kier molecular flexibility index (Phi) is 5.30. The maximum Gasteiger partial charge on any atom is 0.321 e. The lowest BCUT2D eigenvalue weighted by Gasteiger charge is -2.28. The zero-order valence-electron chi connectivity index (χ0n) is 15.0. The van der Waals surface area contributed by atoms with Crippen molar-refractivity contribution in [3.63, 3.8) is 0 Å². The Morgan fingerprint density at radius 2 is 2.12 bits per heavy atom. The minimum absolute atomic E-state index is 0.199. The number of aromatic nitrogens is 1. The number of methoxy groups -OCH3 is 1. The molecule has 1 saturated carbocycles. The Morgan fingerprint density at radius 3 is 2.84 bits per heavy atom. The second-order valence-corrected chi connectivity index (χ2v) is 6.99. The normalized spacial score (nSPS) is 16.3. The van der Waals surface area contributed by atoms with Gasteiger partial charge in [0.1, 0.15) is 0 Å². The molecule has 0 spiro atoms. The molecular formula is C19H27N3O3. The largest absolute Gasteiger partial charge is 0.388 e. The zero-order chi connectivity index (χ0) is 17.9. The lowest BCUT2D eigenvalue weighted by Crippen LogP contribution is -2.43. The number of hydrogen-bond donors (Lipinski definition) is 2. The van der Waals surface area contributed by atoms with Gasteiger partial charge in [-0.25, -0.2) is 4.79 Å². The van der Waals surface area contributed by atoms with Crippen LogP contribution in [0.1, 0.15) is 25.7 Å². The van der Waals surface area contributed by atoms with Gasteiger partial charge in [0.15, 0.2) is 0 Å². The Bertz CT molecular complexity index is 735. The minimum atomic E-state index is -0.731. The molecule has 2 amide bonds. The number of carbonyl (C=O) groups excluding carboxylic acids is 1. The molecule has 0 saturated heterocycles. The number of anilines is 1. The molecule has 136 valence electrons. The summed E-state index contributed by atoms with van der Waals surface area (Å²) in [7, 11) is 3.41. The van der Waals surface area contributed by atoms with Crippen LogP contribution in [-0.2, 0) is 11.3 Å². The summed E-state index contributed by atoms with van der Waals surface area (Å²) in [4.78, 5) is 14.0. The zero-order valence-corrected chi connectivity index (χ0v) is 15.0. The van der Waals surface area contributed by atoms with Crippen LogP contribution < -0.4 is 5.32 Å². The Hall–Kier alpha value is -2.05. The Morgan fingerprint density at radius 1 is 1.36 bits per heavy atom. The van der Waals surface area contributed by atoms with E-state index in [9.17, 15) is 9.90 Å². The van der Waals surface area contributed by atoms with E-state index in [1.165, 1.54) is 0 Å². The van der Waals surface area contributed by atoms with Crippen LogP contribution in [0.4, 0.5) is 10.5 Å². The van der Waals surface area contributed by atoms with Crippen LogP contribution in [0.25, 0.3) is 10.9 Å². The molecule has 1 heterocycles. The second kappa shape index (κ2) is 7.45. The molecule has 2 N–H and O–H groups in total. The van der Waals surface area contributed by atoms with Gasteiger partial charge in [-0.05, 0) is 36.4 Å². The highest BCUT2D eigenvalue weighted by Crippen LogP contribution is 2.30. The van der Waals surface area contributed by atoms with Crippen LogP contribution in [0.5, 0.6) is 0 Å². The van der Waals surface area contributed by atoms with Gasteiger partial charge in [-0.3, -0.25) is 0 Å². The van der Waals surface area contributed by atoms with E-state index in [4.69, 9.17) is 4.74 Å². The highest BCUT2D eigenvalue weighted by atomic mass is 16.5. The van der Waals surface area contributed by atoms with Crippen LogP contribution in [0.2, 0.25) is 0 Å². The van der Waals surface area contributed by atoms with E-state index in [1.54, 1.807) is 19.1 Å². The third-order valence-corrected chi connectivity index (χ3v) is 4.97. The van der Waals surface area contributed by atoms with Crippen LogP contribution in [0, 0.1) is 0 Å². The second-order valence-electron chi connectivity index (χ2n) is 6.99. The average molecular weight is 345 g/mol. The first-order chi connectivity index (χ1) is 12.0. The average Bonchev–Trinajstić information content (AvgIpc) is 3.19. The van der Waals surface area contributed by atoms with Crippen molar-refractivity contribution in [1.82, 2.24) is 9.47 Å². The molecule has 0 aliphatic heterocycles. The molecule has 1 aromatic heterocycles. The molecule has 0 radical (unpaired) electrons. The van der Waals surface area contributed by atoms with Crippen molar-refractivity contribution in [1.29, 1.82) is 0 Å². The molecule has 6 heteroatoms. The molecule has 3 rings (SSSR count). The standard InChI is InChI=1S/C19H27N3O3/c1-21(14-19(24)8-3-4-9-19)18(23)20-16-6-5-15-7-10-22(11-12-25-2)17(15)13-16/h5-7,10,13,24H,3-4,8-9,11-12,14H2,1-2H3,(H,20,23). The predicted molar refractivity (Wildman–Crippen MR) is 98.9 cm³/mol. The van der Waals surface area contributed by atoms with Gasteiger partial charge >= 0.3 is 6.03 Å². The van der Waals surface area contributed by atoms with Crippen molar-refractivity contribution in [2.75, 3.05) is 32.6 Å². The maximum absolute atomic E-state index is 12.5. The van der Waals surface area contributed by atoms with E-state index in [0.717, 1.165) is 48.8 Å².